The van der Waals surface area contributed by atoms with Crippen molar-refractivity contribution in [3.8, 4) is 0 Å². The first-order valence-electron chi connectivity index (χ1n) is 5.28. The molecule has 0 radical (unpaired) electrons. The summed E-state index contributed by atoms with van der Waals surface area (Å²) in [5.74, 6) is -0.660. The molecule has 1 atom stereocenters. The molecular weight excluding hydrogens is 209 g/mol. The first-order chi connectivity index (χ1) is 7.65. The second-order valence-corrected chi connectivity index (χ2v) is 3.90. The lowest BCUT2D eigenvalue weighted by Gasteiger charge is -2.25. The van der Waals surface area contributed by atoms with Crippen LogP contribution in [0.3, 0.4) is 0 Å². The SMILES string of the molecule is COC(=O)c1ccc(F)c2c1CCNC2C. The van der Waals surface area contributed by atoms with Gasteiger partial charge in [-0.25, -0.2) is 9.18 Å². The second kappa shape index (κ2) is 4.22. The highest BCUT2D eigenvalue weighted by Crippen LogP contribution is 2.28. The fourth-order valence-electron chi connectivity index (χ4n) is 2.19. The van der Waals surface area contributed by atoms with E-state index in [0.29, 0.717) is 17.5 Å². The van der Waals surface area contributed by atoms with Crippen LogP contribution in [0.2, 0.25) is 0 Å². The molecule has 0 saturated carbocycles. The van der Waals surface area contributed by atoms with E-state index in [-0.39, 0.29) is 11.9 Å². The van der Waals surface area contributed by atoms with E-state index in [9.17, 15) is 9.18 Å². The van der Waals surface area contributed by atoms with E-state index in [1.54, 1.807) is 0 Å². The van der Waals surface area contributed by atoms with Crippen LogP contribution < -0.4 is 5.32 Å². The number of halogens is 1. The zero-order chi connectivity index (χ0) is 11.7. The molecule has 1 aromatic rings. The molecular formula is C12H14FNO2. The van der Waals surface area contributed by atoms with E-state index in [0.717, 1.165) is 12.1 Å². The van der Waals surface area contributed by atoms with Crippen LogP contribution in [0.1, 0.15) is 34.5 Å². The van der Waals surface area contributed by atoms with Crippen LogP contribution in [-0.4, -0.2) is 19.6 Å². The lowest BCUT2D eigenvalue weighted by molar-refractivity contribution is 0.0599. The van der Waals surface area contributed by atoms with E-state index >= 15 is 0 Å². The Morgan fingerprint density at radius 2 is 2.31 bits per heavy atom. The molecule has 1 aliphatic heterocycles. The van der Waals surface area contributed by atoms with Crippen molar-refractivity contribution in [1.29, 1.82) is 0 Å². The minimum absolute atomic E-state index is 0.0617. The van der Waals surface area contributed by atoms with Gasteiger partial charge in [0, 0.05) is 11.6 Å². The molecule has 2 rings (SSSR count). The fourth-order valence-corrected chi connectivity index (χ4v) is 2.19. The smallest absolute Gasteiger partial charge is 0.338 e. The van der Waals surface area contributed by atoms with E-state index in [4.69, 9.17) is 4.74 Å². The predicted octanol–water partition coefficient (Wildman–Crippen LogP) is 1.82. The molecule has 0 amide bonds. The summed E-state index contributed by atoms with van der Waals surface area (Å²) < 4.78 is 18.4. The number of hydrogen-bond acceptors (Lipinski definition) is 3. The maximum absolute atomic E-state index is 13.7. The highest BCUT2D eigenvalue weighted by molar-refractivity contribution is 5.91. The number of carbonyl (C=O) groups excluding carboxylic acids is 1. The van der Waals surface area contributed by atoms with Crippen LogP contribution in [0.5, 0.6) is 0 Å². The molecule has 1 unspecified atom stereocenters. The summed E-state index contributed by atoms with van der Waals surface area (Å²) in [7, 11) is 1.34. The Bertz CT molecular complexity index is 431. The molecule has 0 spiro atoms. The molecule has 86 valence electrons. The van der Waals surface area contributed by atoms with Gasteiger partial charge in [0.15, 0.2) is 0 Å². The summed E-state index contributed by atoms with van der Waals surface area (Å²) in [6.45, 7) is 2.64. The van der Waals surface area contributed by atoms with E-state index in [1.165, 1.54) is 19.2 Å². The standard InChI is InChI=1S/C12H14FNO2/c1-7-11-8(5-6-14-7)9(12(15)16-2)3-4-10(11)13/h3-4,7,14H,5-6H2,1-2H3. The maximum atomic E-state index is 13.7. The Morgan fingerprint density at radius 3 is 3.00 bits per heavy atom. The van der Waals surface area contributed by atoms with E-state index in [1.807, 2.05) is 6.92 Å². The summed E-state index contributed by atoms with van der Waals surface area (Å²) in [5, 5.41) is 3.17. The van der Waals surface area contributed by atoms with Crippen LogP contribution in [0.15, 0.2) is 12.1 Å². The van der Waals surface area contributed by atoms with Crippen LogP contribution in [0, 0.1) is 5.82 Å². The minimum Gasteiger partial charge on any atom is -0.465 e. The van der Waals surface area contributed by atoms with Crippen molar-refractivity contribution in [3.63, 3.8) is 0 Å². The summed E-state index contributed by atoms with van der Waals surface area (Å²) in [5.41, 5.74) is 1.85. The monoisotopic (exact) mass is 223 g/mol. The normalized spacial score (nSPS) is 19.1. The predicted molar refractivity (Wildman–Crippen MR) is 57.9 cm³/mol. The summed E-state index contributed by atoms with van der Waals surface area (Å²) in [4.78, 5) is 11.5. The molecule has 0 saturated heterocycles. The average Bonchev–Trinajstić information content (AvgIpc) is 2.28. The first kappa shape index (κ1) is 11.1. The molecule has 16 heavy (non-hydrogen) atoms. The fraction of sp³-hybridized carbons (Fsp3) is 0.417. The van der Waals surface area contributed by atoms with Gasteiger partial charge in [-0.15, -0.1) is 0 Å². The lowest BCUT2D eigenvalue weighted by atomic mass is 9.90. The van der Waals surface area contributed by atoms with Crippen LogP contribution in [-0.2, 0) is 11.2 Å². The van der Waals surface area contributed by atoms with Crippen molar-refractivity contribution in [3.05, 3.63) is 34.6 Å². The van der Waals surface area contributed by atoms with Crippen LogP contribution in [0.25, 0.3) is 0 Å². The third-order valence-electron chi connectivity index (χ3n) is 2.97. The van der Waals surface area contributed by atoms with E-state index < -0.39 is 5.97 Å². The van der Waals surface area contributed by atoms with Crippen LogP contribution in [0.4, 0.5) is 4.39 Å². The van der Waals surface area contributed by atoms with Gasteiger partial charge in [0.25, 0.3) is 0 Å². The quantitative estimate of drug-likeness (QED) is 0.738. The lowest BCUT2D eigenvalue weighted by Crippen LogP contribution is -2.30. The Kier molecular flexibility index (Phi) is 2.92. The van der Waals surface area contributed by atoms with Gasteiger partial charge in [-0.2, -0.15) is 0 Å². The number of benzene rings is 1. The van der Waals surface area contributed by atoms with Crippen molar-refractivity contribution >= 4 is 5.97 Å². The van der Waals surface area contributed by atoms with Crippen molar-refractivity contribution in [2.24, 2.45) is 0 Å². The van der Waals surface area contributed by atoms with E-state index in [2.05, 4.69) is 5.32 Å². The zero-order valence-corrected chi connectivity index (χ0v) is 9.34. The topological polar surface area (TPSA) is 38.3 Å². The number of hydrogen-bond donors (Lipinski definition) is 1. The Balaban J connectivity index is 2.58. The molecule has 3 nitrogen and oxygen atoms in total. The number of methoxy groups -OCH3 is 1. The molecule has 0 aromatic heterocycles. The molecule has 1 aromatic carbocycles. The third-order valence-corrected chi connectivity index (χ3v) is 2.97. The largest absolute Gasteiger partial charge is 0.465 e. The van der Waals surface area contributed by atoms with Gasteiger partial charge in [-0.1, -0.05) is 0 Å². The number of fused-ring (bicyclic) bond motifs is 1. The highest BCUT2D eigenvalue weighted by atomic mass is 19.1. The van der Waals surface area contributed by atoms with Gasteiger partial charge in [0.1, 0.15) is 5.82 Å². The summed E-state index contributed by atoms with van der Waals surface area (Å²) >= 11 is 0. The summed E-state index contributed by atoms with van der Waals surface area (Å²) in [6.07, 6.45) is 0.655. The molecule has 1 aliphatic rings. The van der Waals surface area contributed by atoms with Gasteiger partial charge < -0.3 is 10.1 Å². The number of carbonyl (C=O) groups is 1. The van der Waals surface area contributed by atoms with Crippen molar-refractivity contribution in [2.75, 3.05) is 13.7 Å². The molecule has 4 heteroatoms. The number of ether oxygens (including phenoxy) is 1. The van der Waals surface area contributed by atoms with Crippen molar-refractivity contribution < 1.29 is 13.9 Å². The molecule has 1 heterocycles. The Labute approximate surface area is 93.6 Å². The van der Waals surface area contributed by atoms with Gasteiger partial charge >= 0.3 is 5.97 Å². The number of nitrogens with one attached hydrogen (secondary N) is 1. The number of rotatable bonds is 1. The first-order valence-corrected chi connectivity index (χ1v) is 5.28. The van der Waals surface area contributed by atoms with Gasteiger partial charge in [0.2, 0.25) is 0 Å². The second-order valence-electron chi connectivity index (χ2n) is 3.90. The average molecular weight is 223 g/mol. The Morgan fingerprint density at radius 1 is 1.56 bits per heavy atom. The third kappa shape index (κ3) is 1.69. The minimum atomic E-state index is -0.398. The number of esters is 1. The van der Waals surface area contributed by atoms with Crippen molar-refractivity contribution in [1.82, 2.24) is 5.32 Å². The zero-order valence-electron chi connectivity index (χ0n) is 9.34. The van der Waals surface area contributed by atoms with Crippen LogP contribution >= 0.6 is 0 Å². The molecule has 0 bridgehead atoms. The highest BCUT2D eigenvalue weighted by Gasteiger charge is 2.24. The molecule has 0 fully saturated rings. The molecule has 1 N–H and O–H groups in total. The Hall–Kier alpha value is -1.42. The van der Waals surface area contributed by atoms with Gasteiger partial charge in [0.05, 0.1) is 12.7 Å². The van der Waals surface area contributed by atoms with Crippen molar-refractivity contribution in [2.45, 2.75) is 19.4 Å². The van der Waals surface area contributed by atoms with Gasteiger partial charge in [-0.05, 0) is 37.6 Å². The molecule has 0 aliphatic carbocycles. The maximum Gasteiger partial charge on any atom is 0.338 e. The summed E-state index contributed by atoms with van der Waals surface area (Å²) in [6, 6.07) is 2.76. The van der Waals surface area contributed by atoms with Gasteiger partial charge in [-0.3, -0.25) is 0 Å².